The van der Waals surface area contributed by atoms with Crippen LogP contribution in [0.25, 0.3) is 10.9 Å². The fraction of sp³-hybridized carbons (Fsp3) is 0.368. The number of alkyl halides is 3. The Kier molecular flexibility index (Phi) is 4.85. The highest BCUT2D eigenvalue weighted by molar-refractivity contribution is 5.92. The lowest BCUT2D eigenvalue weighted by Crippen LogP contribution is -2.50. The van der Waals surface area contributed by atoms with Crippen molar-refractivity contribution < 1.29 is 18.3 Å². The SMILES string of the molecule is Cc1nnc(N[C@H](C)c2cc(N)cc(C(F)(F)F)n2)c2cc(N3CC(O)C3)cnc12. The molecule has 0 aromatic carbocycles. The first kappa shape index (κ1) is 20.1. The first-order valence-corrected chi connectivity index (χ1v) is 9.29. The third-order valence-corrected chi connectivity index (χ3v) is 4.95. The molecule has 0 amide bonds. The van der Waals surface area contributed by atoms with Gasteiger partial charge in [0.1, 0.15) is 5.69 Å². The average molecular weight is 419 g/mol. The summed E-state index contributed by atoms with van der Waals surface area (Å²) in [6, 6.07) is 3.44. The van der Waals surface area contributed by atoms with E-state index in [1.807, 2.05) is 11.0 Å². The van der Waals surface area contributed by atoms with Gasteiger partial charge in [0, 0.05) is 24.2 Å². The Morgan fingerprint density at radius 1 is 1.23 bits per heavy atom. The largest absolute Gasteiger partial charge is 0.433 e. The van der Waals surface area contributed by atoms with Crippen molar-refractivity contribution in [2.45, 2.75) is 32.2 Å². The molecule has 8 nitrogen and oxygen atoms in total. The summed E-state index contributed by atoms with van der Waals surface area (Å²) in [5.74, 6) is 0.372. The molecular formula is C19H20F3N7O. The number of nitrogens with one attached hydrogen (secondary N) is 1. The van der Waals surface area contributed by atoms with Crippen molar-refractivity contribution in [3.8, 4) is 0 Å². The standard InChI is InChI=1S/C19H20F3N7O/c1-9(15-3-11(23)4-16(26-15)19(20,21)22)25-18-14-5-12(29-7-13(30)8-29)6-24-17(14)10(2)27-28-18/h3-6,9,13,30H,7-8H2,1-2H3,(H2,23,26)(H,25,28)/t9-/m1/s1. The molecule has 4 heterocycles. The lowest BCUT2D eigenvalue weighted by atomic mass is 10.1. The molecule has 3 aromatic rings. The van der Waals surface area contributed by atoms with E-state index in [0.717, 1.165) is 11.8 Å². The van der Waals surface area contributed by atoms with Crippen LogP contribution in [0, 0.1) is 6.92 Å². The number of nitrogen functional groups attached to an aromatic ring is 1. The molecule has 1 aliphatic heterocycles. The monoisotopic (exact) mass is 419 g/mol. The predicted molar refractivity (Wildman–Crippen MR) is 106 cm³/mol. The van der Waals surface area contributed by atoms with Crippen LogP contribution in [-0.4, -0.2) is 44.5 Å². The Bertz CT molecular complexity index is 1100. The fourth-order valence-electron chi connectivity index (χ4n) is 3.31. The van der Waals surface area contributed by atoms with E-state index in [9.17, 15) is 18.3 Å². The number of hydrogen-bond acceptors (Lipinski definition) is 8. The zero-order valence-corrected chi connectivity index (χ0v) is 16.3. The number of pyridine rings is 2. The van der Waals surface area contributed by atoms with Crippen LogP contribution in [0.2, 0.25) is 0 Å². The summed E-state index contributed by atoms with van der Waals surface area (Å²) in [5.41, 5.74) is 6.78. The minimum atomic E-state index is -4.60. The van der Waals surface area contributed by atoms with Crippen molar-refractivity contribution in [2.24, 2.45) is 0 Å². The lowest BCUT2D eigenvalue weighted by Gasteiger charge is -2.37. The van der Waals surface area contributed by atoms with Gasteiger partial charge in [0.15, 0.2) is 5.82 Å². The second kappa shape index (κ2) is 7.24. The average Bonchev–Trinajstić information content (AvgIpc) is 2.66. The fourth-order valence-corrected chi connectivity index (χ4v) is 3.31. The lowest BCUT2D eigenvalue weighted by molar-refractivity contribution is -0.141. The van der Waals surface area contributed by atoms with Crippen LogP contribution in [0.1, 0.15) is 30.0 Å². The van der Waals surface area contributed by atoms with E-state index in [1.54, 1.807) is 20.0 Å². The Morgan fingerprint density at radius 2 is 1.97 bits per heavy atom. The van der Waals surface area contributed by atoms with Crippen molar-refractivity contribution >= 4 is 28.1 Å². The molecule has 30 heavy (non-hydrogen) atoms. The van der Waals surface area contributed by atoms with Gasteiger partial charge in [-0.15, -0.1) is 5.10 Å². The molecular weight excluding hydrogens is 399 g/mol. The van der Waals surface area contributed by atoms with Gasteiger partial charge in [0.25, 0.3) is 0 Å². The number of nitrogens with two attached hydrogens (primary N) is 1. The highest BCUT2D eigenvalue weighted by atomic mass is 19.4. The molecule has 1 saturated heterocycles. The highest BCUT2D eigenvalue weighted by Crippen LogP contribution is 2.32. The van der Waals surface area contributed by atoms with Crippen LogP contribution in [-0.2, 0) is 6.18 Å². The smallest absolute Gasteiger partial charge is 0.399 e. The number of β-amino-alcohol motifs (C(OH)–C–C–N with tert-alkyl or cyclic N) is 1. The molecule has 0 bridgehead atoms. The maximum Gasteiger partial charge on any atom is 0.433 e. The zero-order valence-electron chi connectivity index (χ0n) is 16.3. The summed E-state index contributed by atoms with van der Waals surface area (Å²) < 4.78 is 39.3. The molecule has 0 unspecified atom stereocenters. The Balaban J connectivity index is 1.69. The van der Waals surface area contributed by atoms with E-state index in [0.29, 0.717) is 35.5 Å². The molecule has 0 radical (unpaired) electrons. The summed E-state index contributed by atoms with van der Waals surface area (Å²) in [6.07, 6.45) is -3.26. The minimum Gasteiger partial charge on any atom is -0.399 e. The highest BCUT2D eigenvalue weighted by Gasteiger charge is 2.33. The quantitative estimate of drug-likeness (QED) is 0.592. The molecule has 1 aliphatic rings. The minimum absolute atomic E-state index is 0.0267. The summed E-state index contributed by atoms with van der Waals surface area (Å²) >= 11 is 0. The second-order valence-corrected chi connectivity index (χ2v) is 7.36. The van der Waals surface area contributed by atoms with Crippen LogP contribution in [0.4, 0.5) is 30.4 Å². The van der Waals surface area contributed by atoms with Gasteiger partial charge in [-0.05, 0) is 32.0 Å². The predicted octanol–water partition coefficient (Wildman–Crippen LogP) is 2.68. The third-order valence-electron chi connectivity index (χ3n) is 4.95. The van der Waals surface area contributed by atoms with Gasteiger partial charge in [-0.25, -0.2) is 4.98 Å². The molecule has 0 spiro atoms. The van der Waals surface area contributed by atoms with Crippen LogP contribution in [0.15, 0.2) is 24.4 Å². The van der Waals surface area contributed by atoms with E-state index in [4.69, 9.17) is 5.73 Å². The van der Waals surface area contributed by atoms with Gasteiger partial charge in [0.2, 0.25) is 0 Å². The van der Waals surface area contributed by atoms with Crippen molar-refractivity contribution in [1.29, 1.82) is 0 Å². The van der Waals surface area contributed by atoms with E-state index in [1.165, 1.54) is 6.07 Å². The van der Waals surface area contributed by atoms with Crippen molar-refractivity contribution in [3.05, 3.63) is 41.5 Å². The normalized spacial score (nSPS) is 15.9. The molecule has 4 N–H and O–H groups in total. The third kappa shape index (κ3) is 3.80. The summed E-state index contributed by atoms with van der Waals surface area (Å²) in [4.78, 5) is 10.1. The molecule has 1 atom stereocenters. The van der Waals surface area contributed by atoms with Gasteiger partial charge < -0.3 is 21.1 Å². The van der Waals surface area contributed by atoms with E-state index < -0.39 is 17.9 Å². The van der Waals surface area contributed by atoms with Gasteiger partial charge in [-0.3, -0.25) is 4.98 Å². The van der Waals surface area contributed by atoms with Gasteiger partial charge in [0.05, 0.1) is 40.9 Å². The van der Waals surface area contributed by atoms with Gasteiger partial charge in [-0.2, -0.15) is 18.3 Å². The summed E-state index contributed by atoms with van der Waals surface area (Å²) in [7, 11) is 0. The topological polar surface area (TPSA) is 113 Å². The molecule has 0 saturated carbocycles. The second-order valence-electron chi connectivity index (χ2n) is 7.36. The number of rotatable bonds is 4. The number of hydrogen-bond donors (Lipinski definition) is 3. The first-order valence-electron chi connectivity index (χ1n) is 9.29. The van der Waals surface area contributed by atoms with E-state index >= 15 is 0 Å². The summed E-state index contributed by atoms with van der Waals surface area (Å²) in [6.45, 7) is 4.46. The van der Waals surface area contributed by atoms with Gasteiger partial charge in [-0.1, -0.05) is 0 Å². The molecule has 11 heteroatoms. The van der Waals surface area contributed by atoms with Gasteiger partial charge >= 0.3 is 6.18 Å². The first-order chi connectivity index (χ1) is 14.1. The number of aromatic nitrogens is 4. The number of halogens is 3. The number of anilines is 3. The molecule has 4 rings (SSSR count). The Morgan fingerprint density at radius 3 is 2.63 bits per heavy atom. The number of aliphatic hydroxyl groups excluding tert-OH is 1. The van der Waals surface area contributed by atoms with E-state index in [-0.39, 0.29) is 17.5 Å². The molecule has 0 aliphatic carbocycles. The van der Waals surface area contributed by atoms with Crippen LogP contribution >= 0.6 is 0 Å². The van der Waals surface area contributed by atoms with Crippen LogP contribution in [0.5, 0.6) is 0 Å². The number of nitrogens with zero attached hydrogens (tertiary/aromatic N) is 5. The van der Waals surface area contributed by atoms with Crippen molar-refractivity contribution in [1.82, 2.24) is 20.2 Å². The molecule has 3 aromatic heterocycles. The maximum absolute atomic E-state index is 13.1. The number of aliphatic hydroxyl groups is 1. The number of aryl methyl sites for hydroxylation is 1. The van der Waals surface area contributed by atoms with Crippen LogP contribution in [0.3, 0.4) is 0 Å². The molecule has 1 fully saturated rings. The zero-order chi connectivity index (χ0) is 21.6. The van der Waals surface area contributed by atoms with E-state index in [2.05, 4.69) is 25.5 Å². The summed E-state index contributed by atoms with van der Waals surface area (Å²) in [5, 5.41) is 21.6. The Labute approximate surface area is 170 Å². The molecule has 158 valence electrons. The van der Waals surface area contributed by atoms with Crippen molar-refractivity contribution in [2.75, 3.05) is 29.0 Å². The maximum atomic E-state index is 13.1. The van der Waals surface area contributed by atoms with Crippen molar-refractivity contribution in [3.63, 3.8) is 0 Å². The number of fused-ring (bicyclic) bond motifs is 1. The van der Waals surface area contributed by atoms with Crippen LogP contribution < -0.4 is 16.0 Å². The Hall–Kier alpha value is -3.21.